The highest BCUT2D eigenvalue weighted by molar-refractivity contribution is 7.23. The van der Waals surface area contributed by atoms with Crippen molar-refractivity contribution in [2.24, 2.45) is 0 Å². The lowest BCUT2D eigenvalue weighted by molar-refractivity contribution is 0.630. The number of nitrogens with zero attached hydrogens (tertiary/aromatic N) is 2. The third-order valence-electron chi connectivity index (χ3n) is 4.58. The number of hydrogen-bond acceptors (Lipinski definition) is 5. The van der Waals surface area contributed by atoms with E-state index in [9.17, 15) is 9.18 Å². The summed E-state index contributed by atoms with van der Waals surface area (Å²) < 4.78 is 14.7. The molecule has 0 aliphatic heterocycles. The molecule has 3 aromatic carbocycles. The highest BCUT2D eigenvalue weighted by Crippen LogP contribution is 2.39. The number of benzene rings is 3. The van der Waals surface area contributed by atoms with E-state index in [1.165, 1.54) is 23.5 Å². The van der Waals surface area contributed by atoms with E-state index < -0.39 is 5.82 Å². The molecule has 7 heteroatoms. The van der Waals surface area contributed by atoms with E-state index in [-0.39, 0.29) is 5.56 Å². The van der Waals surface area contributed by atoms with Crippen LogP contribution in [0.3, 0.4) is 0 Å². The summed E-state index contributed by atoms with van der Waals surface area (Å²) in [6.45, 7) is 0. The number of fused-ring (bicyclic) bond motifs is 6. The van der Waals surface area contributed by atoms with Crippen molar-refractivity contribution in [3.63, 3.8) is 0 Å². The van der Waals surface area contributed by atoms with Gasteiger partial charge in [-0.15, -0.1) is 0 Å². The van der Waals surface area contributed by atoms with Gasteiger partial charge < -0.3 is 10.3 Å². The average Bonchev–Trinajstić information content (AvgIpc) is 3.12. The Bertz CT molecular complexity index is 1500. The molecular formula is C21H11FN4OS. The number of pyridine rings is 1. The van der Waals surface area contributed by atoms with Gasteiger partial charge in [0.1, 0.15) is 5.82 Å². The molecular weight excluding hydrogens is 375 g/mol. The molecule has 2 heterocycles. The molecule has 134 valence electrons. The normalized spacial score (nSPS) is 11.1. The number of anilines is 2. The minimum absolute atomic E-state index is 0.264. The summed E-state index contributed by atoms with van der Waals surface area (Å²) in [5, 5.41) is 15.4. The fourth-order valence-electron chi connectivity index (χ4n) is 3.39. The Hall–Kier alpha value is -3.76. The fraction of sp³-hybridized carbons (Fsp3) is 0. The Morgan fingerprint density at radius 3 is 2.86 bits per heavy atom. The Morgan fingerprint density at radius 1 is 1.11 bits per heavy atom. The van der Waals surface area contributed by atoms with Crippen molar-refractivity contribution in [1.29, 1.82) is 5.26 Å². The molecule has 0 spiro atoms. The van der Waals surface area contributed by atoms with E-state index in [1.807, 2.05) is 12.1 Å². The summed E-state index contributed by atoms with van der Waals surface area (Å²) in [6.07, 6.45) is 1.58. The van der Waals surface area contributed by atoms with Crippen molar-refractivity contribution >= 4 is 53.9 Å². The van der Waals surface area contributed by atoms with Crippen LogP contribution >= 0.6 is 11.3 Å². The second kappa shape index (κ2) is 6.15. The largest absolute Gasteiger partial charge is 0.331 e. The number of halogens is 1. The van der Waals surface area contributed by atoms with Gasteiger partial charge in [-0.3, -0.25) is 4.79 Å². The zero-order valence-corrected chi connectivity index (χ0v) is 15.1. The Balaban J connectivity index is 1.80. The van der Waals surface area contributed by atoms with E-state index in [2.05, 4.69) is 16.4 Å². The van der Waals surface area contributed by atoms with E-state index in [0.29, 0.717) is 27.0 Å². The van der Waals surface area contributed by atoms with Gasteiger partial charge in [-0.2, -0.15) is 5.26 Å². The topological polar surface area (TPSA) is 81.6 Å². The van der Waals surface area contributed by atoms with Crippen molar-refractivity contribution < 1.29 is 4.39 Å². The van der Waals surface area contributed by atoms with E-state index >= 15 is 0 Å². The molecule has 0 radical (unpaired) electrons. The van der Waals surface area contributed by atoms with E-state index in [0.717, 1.165) is 21.2 Å². The molecule has 2 aromatic heterocycles. The number of nitrogens with one attached hydrogen (secondary N) is 2. The fourth-order valence-corrected chi connectivity index (χ4v) is 4.43. The lowest BCUT2D eigenvalue weighted by Crippen LogP contribution is -2.05. The quantitative estimate of drug-likeness (QED) is 0.416. The SMILES string of the molecule is N#Cc1cccc(Nc2nc3c4ccc(F)cc4c4c(=O)[nH]ccc4c3s2)c1. The number of aromatic amines is 1. The van der Waals surface area contributed by atoms with Crippen LogP contribution in [0.2, 0.25) is 0 Å². The monoisotopic (exact) mass is 386 g/mol. The number of H-pyrrole nitrogens is 1. The number of thiazole rings is 1. The highest BCUT2D eigenvalue weighted by atomic mass is 32.1. The average molecular weight is 386 g/mol. The van der Waals surface area contributed by atoms with Gasteiger partial charge in [0.05, 0.1) is 27.2 Å². The van der Waals surface area contributed by atoms with Gasteiger partial charge in [-0.05, 0) is 42.5 Å². The van der Waals surface area contributed by atoms with Gasteiger partial charge in [0.25, 0.3) is 5.56 Å². The van der Waals surface area contributed by atoms with Crippen LogP contribution in [0.4, 0.5) is 15.2 Å². The number of rotatable bonds is 2. The number of nitriles is 1. The van der Waals surface area contributed by atoms with Gasteiger partial charge in [-0.25, -0.2) is 9.37 Å². The molecule has 0 fully saturated rings. The molecule has 5 rings (SSSR count). The van der Waals surface area contributed by atoms with Gasteiger partial charge in [0.2, 0.25) is 0 Å². The minimum atomic E-state index is -0.404. The molecule has 0 atom stereocenters. The molecule has 0 aliphatic rings. The summed E-state index contributed by atoms with van der Waals surface area (Å²) in [6, 6.07) is 15.4. The summed E-state index contributed by atoms with van der Waals surface area (Å²) in [5.41, 5.74) is 1.73. The van der Waals surface area contributed by atoms with Gasteiger partial charge >= 0.3 is 0 Å². The second-order valence-electron chi connectivity index (χ2n) is 6.30. The molecule has 0 amide bonds. The highest BCUT2D eigenvalue weighted by Gasteiger charge is 2.16. The molecule has 0 aliphatic carbocycles. The summed E-state index contributed by atoms with van der Waals surface area (Å²) in [5.74, 6) is -0.404. The van der Waals surface area contributed by atoms with E-state index in [4.69, 9.17) is 10.2 Å². The molecule has 5 nitrogen and oxygen atoms in total. The smallest absolute Gasteiger partial charge is 0.256 e. The summed E-state index contributed by atoms with van der Waals surface area (Å²) in [4.78, 5) is 19.8. The molecule has 0 saturated carbocycles. The third-order valence-corrected chi connectivity index (χ3v) is 5.59. The molecule has 0 unspecified atom stereocenters. The first-order valence-corrected chi connectivity index (χ1v) is 9.26. The lowest BCUT2D eigenvalue weighted by Gasteiger charge is -2.05. The first-order chi connectivity index (χ1) is 13.6. The van der Waals surface area contributed by atoms with Gasteiger partial charge in [-0.1, -0.05) is 17.4 Å². The predicted octanol–water partition coefficient (Wildman–Crippen LogP) is 5.05. The van der Waals surface area contributed by atoms with Gasteiger partial charge in [0.15, 0.2) is 5.13 Å². The maximum absolute atomic E-state index is 13.9. The van der Waals surface area contributed by atoms with Crippen LogP contribution in [0.5, 0.6) is 0 Å². The minimum Gasteiger partial charge on any atom is -0.331 e. The molecule has 28 heavy (non-hydrogen) atoms. The Labute approximate surface area is 161 Å². The lowest BCUT2D eigenvalue weighted by atomic mass is 10.0. The zero-order valence-electron chi connectivity index (χ0n) is 14.3. The Morgan fingerprint density at radius 2 is 2.00 bits per heavy atom. The third kappa shape index (κ3) is 2.51. The van der Waals surface area contributed by atoms with Crippen LogP contribution in [0.25, 0.3) is 31.8 Å². The maximum atomic E-state index is 13.9. The second-order valence-corrected chi connectivity index (χ2v) is 7.30. The van der Waals surface area contributed by atoms with Crippen molar-refractivity contribution in [3.05, 3.63) is 76.5 Å². The molecule has 2 N–H and O–H groups in total. The van der Waals surface area contributed by atoms with Crippen molar-refractivity contribution in [1.82, 2.24) is 9.97 Å². The van der Waals surface area contributed by atoms with Crippen LogP contribution in [-0.4, -0.2) is 9.97 Å². The summed E-state index contributed by atoms with van der Waals surface area (Å²) >= 11 is 1.41. The molecule has 0 bridgehead atoms. The van der Waals surface area contributed by atoms with Crippen molar-refractivity contribution in [2.75, 3.05) is 5.32 Å². The zero-order chi connectivity index (χ0) is 19.3. The Kier molecular flexibility index (Phi) is 3.60. The molecule has 0 saturated heterocycles. The first-order valence-electron chi connectivity index (χ1n) is 8.44. The number of hydrogen-bond donors (Lipinski definition) is 2. The summed E-state index contributed by atoms with van der Waals surface area (Å²) in [7, 11) is 0. The van der Waals surface area contributed by atoms with Crippen LogP contribution in [0.15, 0.2) is 59.5 Å². The predicted molar refractivity (Wildman–Crippen MR) is 110 cm³/mol. The molecule has 5 aromatic rings. The van der Waals surface area contributed by atoms with Gasteiger partial charge in [0, 0.05) is 28.0 Å². The standard InChI is InChI=1S/C21H11FN4OS/c22-12-4-5-14-16(9-12)17-15(6-7-24-20(17)27)19-18(14)26-21(28-19)25-13-3-1-2-11(8-13)10-23/h1-9H,(H,24,27)(H,25,26). The van der Waals surface area contributed by atoms with E-state index in [1.54, 1.807) is 30.5 Å². The van der Waals surface area contributed by atoms with Crippen LogP contribution in [-0.2, 0) is 0 Å². The van der Waals surface area contributed by atoms with Crippen LogP contribution in [0.1, 0.15) is 5.56 Å². The van der Waals surface area contributed by atoms with Crippen LogP contribution in [0, 0.1) is 17.1 Å². The first kappa shape index (κ1) is 16.4. The van der Waals surface area contributed by atoms with Crippen molar-refractivity contribution in [3.8, 4) is 6.07 Å². The maximum Gasteiger partial charge on any atom is 0.256 e. The van der Waals surface area contributed by atoms with Crippen LogP contribution < -0.4 is 10.9 Å². The number of aromatic nitrogens is 2. The van der Waals surface area contributed by atoms with Crippen molar-refractivity contribution in [2.45, 2.75) is 0 Å².